The predicted octanol–water partition coefficient (Wildman–Crippen LogP) is 1.40. The molecule has 9 heavy (non-hydrogen) atoms. The molecule has 0 N–H and O–H groups in total. The second-order valence-corrected chi connectivity index (χ2v) is 3.12. The first-order chi connectivity index (χ1) is 4.34. The van der Waals surface area contributed by atoms with Gasteiger partial charge in [-0.3, -0.25) is 4.84 Å². The largest absolute Gasteiger partial charge is 0.271 e. The molecule has 0 aromatic carbocycles. The lowest BCUT2D eigenvalue weighted by Gasteiger charge is -2.19. The van der Waals surface area contributed by atoms with Crippen molar-refractivity contribution in [1.82, 2.24) is 5.06 Å². The Balaban J connectivity index is 2.57. The van der Waals surface area contributed by atoms with Gasteiger partial charge in [-0.2, -0.15) is 0 Å². The molecule has 0 saturated heterocycles. The van der Waals surface area contributed by atoms with Crippen molar-refractivity contribution in [3.63, 3.8) is 0 Å². The predicted molar refractivity (Wildman–Crippen MR) is 43.0 cm³/mol. The third kappa shape index (κ3) is 1.67. The Hall–Kier alpha value is -0.0600. The molecule has 0 amide bonds. The van der Waals surface area contributed by atoms with Gasteiger partial charge in [-0.05, 0) is 12.2 Å². The van der Waals surface area contributed by atoms with Crippen LogP contribution < -0.4 is 0 Å². The minimum Gasteiger partial charge on any atom is -0.271 e. The van der Waals surface area contributed by atoms with Crippen LogP contribution in [-0.2, 0) is 4.84 Å². The third-order valence-electron chi connectivity index (χ3n) is 0.920. The van der Waals surface area contributed by atoms with Gasteiger partial charge in [0.1, 0.15) is 0 Å². The molecule has 1 rings (SSSR count). The molecule has 0 radical (unpaired) electrons. The molecule has 0 fully saturated rings. The lowest BCUT2D eigenvalue weighted by atomic mass is 10.7. The fraction of sp³-hybridized carbons (Fsp3) is 0.400. The minimum atomic E-state index is 0.778. The first-order valence-electron chi connectivity index (χ1n) is 2.51. The Kier molecular flexibility index (Phi) is 2.50. The summed E-state index contributed by atoms with van der Waals surface area (Å²) < 4.78 is 0.778. The average Bonchev–Trinajstić information content (AvgIpc) is 1.89. The molecule has 0 aromatic heterocycles. The first-order valence-corrected chi connectivity index (χ1v) is 3.90. The summed E-state index contributed by atoms with van der Waals surface area (Å²) in [7, 11) is 1.60. The molecule has 1 aliphatic rings. The van der Waals surface area contributed by atoms with E-state index in [1.807, 2.05) is 12.3 Å². The fourth-order valence-electron chi connectivity index (χ4n) is 0.518. The molecule has 0 aliphatic carbocycles. The van der Waals surface area contributed by atoms with Crippen molar-refractivity contribution in [3.05, 3.63) is 12.3 Å². The molecule has 0 saturated carbocycles. The summed E-state index contributed by atoms with van der Waals surface area (Å²) >= 11 is 6.54. The average molecular weight is 161 g/mol. The van der Waals surface area contributed by atoms with Crippen molar-refractivity contribution >= 4 is 28.3 Å². The van der Waals surface area contributed by atoms with Crippen LogP contribution in [0.3, 0.4) is 0 Å². The number of hydrogen-bond acceptors (Lipinski definition) is 3. The van der Waals surface area contributed by atoms with E-state index in [0.29, 0.717) is 0 Å². The van der Waals surface area contributed by atoms with E-state index in [4.69, 9.17) is 17.1 Å². The number of hydroxylamine groups is 2. The van der Waals surface area contributed by atoms with Gasteiger partial charge in [0.15, 0.2) is 4.32 Å². The lowest BCUT2D eigenvalue weighted by Crippen LogP contribution is -2.22. The molecular weight excluding hydrogens is 154 g/mol. The summed E-state index contributed by atoms with van der Waals surface area (Å²) in [6.07, 6.45) is 3.84. The standard InChI is InChI=1S/C5H7NOS2/c1-7-6-3-2-4-9-5(6)8/h2-3H,4H2,1H3. The normalized spacial score (nSPS) is 18.8. The van der Waals surface area contributed by atoms with E-state index < -0.39 is 0 Å². The molecule has 1 aliphatic heterocycles. The van der Waals surface area contributed by atoms with Crippen molar-refractivity contribution in [2.24, 2.45) is 0 Å². The van der Waals surface area contributed by atoms with Crippen LogP contribution in [0.2, 0.25) is 0 Å². The smallest absolute Gasteiger partial charge is 0.165 e. The molecule has 1 heterocycles. The van der Waals surface area contributed by atoms with Gasteiger partial charge in [-0.25, -0.2) is 5.06 Å². The maximum absolute atomic E-state index is 4.94. The number of nitrogens with zero attached hydrogens (tertiary/aromatic N) is 1. The summed E-state index contributed by atoms with van der Waals surface area (Å²) in [5.74, 6) is 0.957. The second kappa shape index (κ2) is 3.20. The van der Waals surface area contributed by atoms with E-state index in [1.165, 1.54) is 0 Å². The summed E-state index contributed by atoms with van der Waals surface area (Å²) in [4.78, 5) is 4.89. The van der Waals surface area contributed by atoms with E-state index in [1.54, 1.807) is 23.9 Å². The van der Waals surface area contributed by atoms with Gasteiger partial charge in [0.05, 0.1) is 7.11 Å². The topological polar surface area (TPSA) is 12.5 Å². The van der Waals surface area contributed by atoms with Gasteiger partial charge in [0, 0.05) is 12.0 Å². The van der Waals surface area contributed by atoms with Gasteiger partial charge in [0.25, 0.3) is 0 Å². The van der Waals surface area contributed by atoms with Crippen LogP contribution in [0.5, 0.6) is 0 Å². The van der Waals surface area contributed by atoms with E-state index in [0.717, 1.165) is 10.1 Å². The second-order valence-electron chi connectivity index (χ2n) is 1.47. The van der Waals surface area contributed by atoms with Gasteiger partial charge >= 0.3 is 0 Å². The van der Waals surface area contributed by atoms with Gasteiger partial charge in [-0.15, -0.1) is 0 Å². The Bertz CT molecular complexity index is 146. The fourth-order valence-corrected chi connectivity index (χ4v) is 1.45. The van der Waals surface area contributed by atoms with Crippen LogP contribution in [0, 0.1) is 0 Å². The molecule has 50 valence electrons. The summed E-state index contributed by atoms with van der Waals surface area (Å²) in [5, 5.41) is 1.57. The Morgan fingerprint density at radius 3 is 3.11 bits per heavy atom. The van der Waals surface area contributed by atoms with Crippen molar-refractivity contribution < 1.29 is 4.84 Å². The molecule has 0 atom stereocenters. The molecule has 0 spiro atoms. The van der Waals surface area contributed by atoms with Crippen molar-refractivity contribution in [2.45, 2.75) is 0 Å². The Morgan fingerprint density at radius 2 is 2.67 bits per heavy atom. The van der Waals surface area contributed by atoms with Gasteiger partial charge in [-0.1, -0.05) is 17.8 Å². The zero-order chi connectivity index (χ0) is 6.69. The van der Waals surface area contributed by atoms with E-state index in [-0.39, 0.29) is 0 Å². The van der Waals surface area contributed by atoms with Crippen molar-refractivity contribution in [2.75, 3.05) is 12.9 Å². The highest BCUT2D eigenvalue weighted by atomic mass is 32.2. The Morgan fingerprint density at radius 1 is 1.89 bits per heavy atom. The van der Waals surface area contributed by atoms with Crippen LogP contribution in [0.1, 0.15) is 0 Å². The number of thiocarbonyl (C=S) groups is 1. The van der Waals surface area contributed by atoms with E-state index >= 15 is 0 Å². The maximum Gasteiger partial charge on any atom is 0.165 e. The van der Waals surface area contributed by atoms with Crippen LogP contribution in [-0.4, -0.2) is 22.2 Å². The molecule has 4 heteroatoms. The van der Waals surface area contributed by atoms with Crippen molar-refractivity contribution in [1.29, 1.82) is 0 Å². The third-order valence-corrected chi connectivity index (χ3v) is 2.24. The van der Waals surface area contributed by atoms with Crippen LogP contribution in [0.15, 0.2) is 12.3 Å². The highest BCUT2D eigenvalue weighted by Crippen LogP contribution is 2.14. The first kappa shape index (κ1) is 7.05. The summed E-state index contributed by atoms with van der Waals surface area (Å²) in [6, 6.07) is 0. The van der Waals surface area contributed by atoms with Crippen LogP contribution in [0.4, 0.5) is 0 Å². The highest BCUT2D eigenvalue weighted by Gasteiger charge is 2.08. The summed E-state index contributed by atoms with van der Waals surface area (Å²) in [6.45, 7) is 0. The molecule has 0 bridgehead atoms. The zero-order valence-electron chi connectivity index (χ0n) is 5.03. The van der Waals surface area contributed by atoms with Gasteiger partial charge in [0.2, 0.25) is 0 Å². The van der Waals surface area contributed by atoms with Crippen LogP contribution in [0.25, 0.3) is 0 Å². The number of hydrogen-bond donors (Lipinski definition) is 0. The van der Waals surface area contributed by atoms with E-state index in [2.05, 4.69) is 0 Å². The molecular formula is C5H7NOS2. The van der Waals surface area contributed by atoms with Gasteiger partial charge < -0.3 is 0 Å². The molecule has 2 nitrogen and oxygen atoms in total. The van der Waals surface area contributed by atoms with E-state index in [9.17, 15) is 0 Å². The quantitative estimate of drug-likeness (QED) is 0.539. The Labute approximate surface area is 63.8 Å². The monoisotopic (exact) mass is 161 g/mol. The lowest BCUT2D eigenvalue weighted by molar-refractivity contribution is -0.0161. The maximum atomic E-state index is 4.94. The number of thioether (sulfide) groups is 1. The minimum absolute atomic E-state index is 0.778. The number of rotatable bonds is 1. The molecule has 0 unspecified atom stereocenters. The van der Waals surface area contributed by atoms with Crippen molar-refractivity contribution in [3.8, 4) is 0 Å². The summed E-state index contributed by atoms with van der Waals surface area (Å²) in [5.41, 5.74) is 0. The van der Waals surface area contributed by atoms with Crippen LogP contribution >= 0.6 is 24.0 Å². The molecule has 0 aromatic rings. The SMILES string of the molecule is CON1C=CCSC1=S. The highest BCUT2D eigenvalue weighted by molar-refractivity contribution is 8.23. The zero-order valence-corrected chi connectivity index (χ0v) is 6.67.